The van der Waals surface area contributed by atoms with Gasteiger partial charge in [-0.2, -0.15) is 4.31 Å². The lowest BCUT2D eigenvalue weighted by Gasteiger charge is -2.39. The summed E-state index contributed by atoms with van der Waals surface area (Å²) in [5.41, 5.74) is 0.874. The van der Waals surface area contributed by atoms with Gasteiger partial charge in [0.25, 0.3) is 10.0 Å². The van der Waals surface area contributed by atoms with Crippen LogP contribution in [0.25, 0.3) is 0 Å². The van der Waals surface area contributed by atoms with Crippen LogP contribution in [0.1, 0.15) is 11.6 Å². The molecule has 0 spiro atoms. The van der Waals surface area contributed by atoms with Gasteiger partial charge in [-0.1, -0.05) is 30.3 Å². The summed E-state index contributed by atoms with van der Waals surface area (Å²) in [6.07, 6.45) is 2.62. The Kier molecular flexibility index (Phi) is 5.00. The summed E-state index contributed by atoms with van der Waals surface area (Å²) in [7, 11) is -0.399. The summed E-state index contributed by atoms with van der Waals surface area (Å²) in [6.45, 7) is 0.913. The molecule has 2 atom stereocenters. The third-order valence-corrected chi connectivity index (χ3v) is 5.80. The van der Waals surface area contributed by atoms with Gasteiger partial charge in [-0.3, -0.25) is 0 Å². The van der Waals surface area contributed by atoms with Crippen LogP contribution in [0.4, 0.5) is 0 Å². The number of imidazole rings is 1. The van der Waals surface area contributed by atoms with E-state index in [-0.39, 0.29) is 17.7 Å². The highest BCUT2D eigenvalue weighted by atomic mass is 32.2. The Morgan fingerprint density at radius 3 is 2.71 bits per heavy atom. The highest BCUT2D eigenvalue weighted by molar-refractivity contribution is 7.89. The fourth-order valence-corrected chi connectivity index (χ4v) is 4.55. The van der Waals surface area contributed by atoms with Gasteiger partial charge >= 0.3 is 0 Å². The molecule has 0 bridgehead atoms. The van der Waals surface area contributed by atoms with Gasteiger partial charge in [-0.25, -0.2) is 13.4 Å². The lowest BCUT2D eigenvalue weighted by atomic mass is 10.0. The predicted molar refractivity (Wildman–Crippen MR) is 87.9 cm³/mol. The van der Waals surface area contributed by atoms with Gasteiger partial charge < -0.3 is 14.0 Å². The number of aromatic nitrogens is 2. The van der Waals surface area contributed by atoms with Gasteiger partial charge in [0, 0.05) is 26.9 Å². The topological polar surface area (TPSA) is 73.7 Å². The summed E-state index contributed by atoms with van der Waals surface area (Å²) in [5.74, 6) is 0. The van der Waals surface area contributed by atoms with E-state index in [1.54, 1.807) is 18.7 Å². The fraction of sp³-hybridized carbons (Fsp3) is 0.438. The molecule has 1 saturated heterocycles. The molecule has 130 valence electrons. The van der Waals surface area contributed by atoms with Crippen LogP contribution in [-0.4, -0.2) is 55.2 Å². The number of ether oxygens (including phenoxy) is 2. The molecule has 3 rings (SSSR count). The van der Waals surface area contributed by atoms with Crippen molar-refractivity contribution in [2.24, 2.45) is 7.05 Å². The Morgan fingerprint density at radius 2 is 2.08 bits per heavy atom. The molecule has 1 aliphatic heterocycles. The van der Waals surface area contributed by atoms with Crippen molar-refractivity contribution >= 4 is 10.0 Å². The Balaban J connectivity index is 2.03. The molecule has 0 amide bonds. The zero-order valence-corrected chi connectivity index (χ0v) is 14.5. The number of aryl methyl sites for hydroxylation is 1. The predicted octanol–water partition coefficient (Wildman–Crippen LogP) is 1.20. The van der Waals surface area contributed by atoms with Crippen LogP contribution in [0, 0.1) is 0 Å². The molecule has 1 fully saturated rings. The first kappa shape index (κ1) is 17.1. The van der Waals surface area contributed by atoms with Crippen molar-refractivity contribution in [2.75, 3.05) is 26.9 Å². The molecule has 2 heterocycles. The number of benzene rings is 1. The van der Waals surface area contributed by atoms with Crippen LogP contribution < -0.4 is 0 Å². The smallest absolute Gasteiger partial charge is 0.262 e. The first-order valence-corrected chi connectivity index (χ1v) is 9.13. The Hall–Kier alpha value is -1.74. The maximum absolute atomic E-state index is 13.1. The van der Waals surface area contributed by atoms with E-state index in [9.17, 15) is 8.42 Å². The third-order valence-electron chi connectivity index (χ3n) is 4.03. The number of hydrogen-bond acceptors (Lipinski definition) is 5. The minimum Gasteiger partial charge on any atom is -0.382 e. The number of morpholine rings is 1. The molecule has 0 N–H and O–H groups in total. The quantitative estimate of drug-likeness (QED) is 0.809. The lowest BCUT2D eigenvalue weighted by molar-refractivity contribution is -0.0746. The first-order valence-electron chi connectivity index (χ1n) is 7.69. The van der Waals surface area contributed by atoms with Crippen molar-refractivity contribution in [1.82, 2.24) is 13.9 Å². The zero-order chi connectivity index (χ0) is 17.2. The molecule has 1 aliphatic rings. The average molecular weight is 351 g/mol. The molecule has 0 saturated carbocycles. The minimum absolute atomic E-state index is 0.0454. The van der Waals surface area contributed by atoms with Crippen molar-refractivity contribution in [2.45, 2.75) is 17.2 Å². The first-order chi connectivity index (χ1) is 11.5. The fourth-order valence-electron chi connectivity index (χ4n) is 2.96. The second kappa shape index (κ2) is 7.02. The normalized spacial score (nSPS) is 22.6. The summed E-state index contributed by atoms with van der Waals surface area (Å²) in [6, 6.07) is 9.03. The van der Waals surface area contributed by atoms with Gasteiger partial charge in [0.2, 0.25) is 0 Å². The highest BCUT2D eigenvalue weighted by Gasteiger charge is 2.41. The maximum atomic E-state index is 13.1. The van der Waals surface area contributed by atoms with E-state index in [0.29, 0.717) is 13.2 Å². The van der Waals surface area contributed by atoms with Crippen LogP contribution in [0.2, 0.25) is 0 Å². The maximum Gasteiger partial charge on any atom is 0.262 e. The number of rotatable bonds is 5. The van der Waals surface area contributed by atoms with Gasteiger partial charge in [-0.05, 0) is 5.56 Å². The van der Waals surface area contributed by atoms with Gasteiger partial charge in [0.1, 0.15) is 6.10 Å². The van der Waals surface area contributed by atoms with Crippen molar-refractivity contribution in [1.29, 1.82) is 0 Å². The van der Waals surface area contributed by atoms with Crippen LogP contribution in [-0.2, 0) is 26.5 Å². The van der Waals surface area contributed by atoms with Crippen LogP contribution in [0.15, 0.2) is 47.9 Å². The van der Waals surface area contributed by atoms with E-state index < -0.39 is 16.1 Å². The molecule has 24 heavy (non-hydrogen) atoms. The molecule has 2 aromatic rings. The number of methoxy groups -OCH3 is 1. The van der Waals surface area contributed by atoms with E-state index in [1.807, 2.05) is 30.3 Å². The Morgan fingerprint density at radius 1 is 1.33 bits per heavy atom. The monoisotopic (exact) mass is 351 g/mol. The van der Waals surface area contributed by atoms with Gasteiger partial charge in [0.05, 0.1) is 25.6 Å². The molecule has 1 aromatic carbocycles. The van der Waals surface area contributed by atoms with Crippen LogP contribution >= 0.6 is 0 Å². The molecule has 8 heteroatoms. The van der Waals surface area contributed by atoms with E-state index in [2.05, 4.69) is 4.98 Å². The standard InChI is InChI=1S/C16H21N3O4S/c1-18-10-15(17-12-18)24(20,21)19-8-9-23-14(11-22-2)16(19)13-6-4-3-5-7-13/h3-7,10,12,14,16H,8-9,11H2,1-2H3/t14-,16-/m0/s1. The minimum atomic E-state index is -3.72. The van der Waals surface area contributed by atoms with Crippen LogP contribution in [0.3, 0.4) is 0 Å². The van der Waals surface area contributed by atoms with Crippen molar-refractivity contribution in [3.8, 4) is 0 Å². The summed E-state index contributed by atoms with van der Waals surface area (Å²) in [4.78, 5) is 4.02. The van der Waals surface area contributed by atoms with E-state index in [1.165, 1.54) is 16.8 Å². The van der Waals surface area contributed by atoms with Crippen LogP contribution in [0.5, 0.6) is 0 Å². The van der Waals surface area contributed by atoms with E-state index in [4.69, 9.17) is 9.47 Å². The lowest BCUT2D eigenvalue weighted by Crippen LogP contribution is -2.49. The SMILES string of the molecule is COC[C@@H]1OCCN(S(=O)(=O)c2cn(C)cn2)[C@H]1c1ccccc1. The largest absolute Gasteiger partial charge is 0.382 e. The molecular weight excluding hydrogens is 330 g/mol. The summed E-state index contributed by atoms with van der Waals surface area (Å²) in [5, 5.41) is 0.0454. The van der Waals surface area contributed by atoms with E-state index >= 15 is 0 Å². The highest BCUT2D eigenvalue weighted by Crippen LogP contribution is 2.34. The molecular formula is C16H21N3O4S. The average Bonchev–Trinajstić information content (AvgIpc) is 3.03. The second-order valence-corrected chi connectivity index (χ2v) is 7.55. The summed E-state index contributed by atoms with van der Waals surface area (Å²) >= 11 is 0. The Bertz CT molecular complexity index is 774. The van der Waals surface area contributed by atoms with Crippen molar-refractivity contribution in [3.05, 3.63) is 48.4 Å². The number of hydrogen-bond donors (Lipinski definition) is 0. The van der Waals surface area contributed by atoms with Gasteiger partial charge in [-0.15, -0.1) is 0 Å². The molecule has 0 aliphatic carbocycles. The third kappa shape index (κ3) is 3.23. The zero-order valence-electron chi connectivity index (χ0n) is 13.7. The van der Waals surface area contributed by atoms with Gasteiger partial charge in [0.15, 0.2) is 5.03 Å². The second-order valence-electron chi connectivity index (χ2n) is 5.71. The number of nitrogens with zero attached hydrogens (tertiary/aromatic N) is 3. The molecule has 0 unspecified atom stereocenters. The van der Waals surface area contributed by atoms with E-state index in [0.717, 1.165) is 5.56 Å². The van der Waals surface area contributed by atoms with Crippen molar-refractivity contribution < 1.29 is 17.9 Å². The summed E-state index contributed by atoms with van der Waals surface area (Å²) < 4.78 is 40.3. The molecule has 1 aromatic heterocycles. The molecule has 0 radical (unpaired) electrons. The molecule has 7 nitrogen and oxygen atoms in total. The van der Waals surface area contributed by atoms with Crippen molar-refractivity contribution in [3.63, 3.8) is 0 Å². The Labute approximate surface area is 141 Å². The number of sulfonamides is 1.